The highest BCUT2D eigenvalue weighted by atomic mass is 16.7. The highest BCUT2D eigenvalue weighted by Crippen LogP contribution is 2.29. The highest BCUT2D eigenvalue weighted by Gasteiger charge is 2.49. The summed E-state index contributed by atoms with van der Waals surface area (Å²) in [6, 6.07) is 32.9. The molecular weight excluding hydrogens is 708 g/mol. The van der Waals surface area contributed by atoms with Gasteiger partial charge < -0.3 is 34.3 Å². The number of hydrogen-bond donors (Lipinski definition) is 4. The van der Waals surface area contributed by atoms with Crippen molar-refractivity contribution in [3.05, 3.63) is 138 Å². The standard InChI is InChI=1S/C42H44N2O11/c45-34(54-42-37(48)35(46)36(47)38(55-42)41(51)53-26-29-16-8-3-9-17-29)24-44-33-19-11-10-18-30(33)21-23-31(39(44)49)43-32(22-20-27-12-4-1-5-13-27)40(50)52-25-28-14-6-2-7-15-28/h1-19,31-32,35-38,42-43,46-48H,20-26H2/t31-,32+,35-,36-,37+,38-,42+/m0/s1. The molecule has 4 aromatic carbocycles. The first-order valence-electron chi connectivity index (χ1n) is 18.2. The molecule has 1 fully saturated rings. The van der Waals surface area contributed by atoms with Gasteiger partial charge in [0.05, 0.1) is 6.04 Å². The van der Waals surface area contributed by atoms with E-state index in [0.29, 0.717) is 36.9 Å². The smallest absolute Gasteiger partial charge is 0.338 e. The molecule has 0 aromatic heterocycles. The van der Waals surface area contributed by atoms with Crippen molar-refractivity contribution in [1.29, 1.82) is 0 Å². The van der Waals surface area contributed by atoms with Gasteiger partial charge in [0, 0.05) is 5.69 Å². The molecule has 0 radical (unpaired) electrons. The molecule has 4 N–H and O–H groups in total. The van der Waals surface area contributed by atoms with E-state index in [1.807, 2.05) is 72.8 Å². The number of esters is 3. The van der Waals surface area contributed by atoms with Crippen molar-refractivity contribution in [2.24, 2.45) is 0 Å². The summed E-state index contributed by atoms with van der Waals surface area (Å²) in [5, 5.41) is 35.0. The number of amides is 1. The zero-order valence-electron chi connectivity index (χ0n) is 30.0. The summed E-state index contributed by atoms with van der Waals surface area (Å²) < 4.78 is 21.9. The van der Waals surface area contributed by atoms with Gasteiger partial charge in [0.15, 0.2) is 6.10 Å². The van der Waals surface area contributed by atoms with Crippen molar-refractivity contribution in [2.75, 3.05) is 11.4 Å². The molecule has 2 heterocycles. The largest absolute Gasteiger partial charge is 0.460 e. The minimum atomic E-state index is -1.93. The molecule has 13 heteroatoms. The minimum absolute atomic E-state index is 0.0532. The van der Waals surface area contributed by atoms with Crippen molar-refractivity contribution >= 4 is 29.5 Å². The van der Waals surface area contributed by atoms with E-state index in [2.05, 4.69) is 5.32 Å². The molecule has 2 aliphatic rings. The predicted molar refractivity (Wildman–Crippen MR) is 198 cm³/mol. The molecule has 0 spiro atoms. The molecule has 288 valence electrons. The Balaban J connectivity index is 1.15. The van der Waals surface area contributed by atoms with Gasteiger partial charge in [0.25, 0.3) is 0 Å². The maximum atomic E-state index is 14.3. The van der Waals surface area contributed by atoms with Crippen molar-refractivity contribution in [2.45, 2.75) is 81.7 Å². The maximum absolute atomic E-state index is 14.3. The quantitative estimate of drug-likeness (QED) is 0.109. The van der Waals surface area contributed by atoms with Gasteiger partial charge in [-0.05, 0) is 54.0 Å². The monoisotopic (exact) mass is 752 g/mol. The molecule has 2 aliphatic heterocycles. The van der Waals surface area contributed by atoms with E-state index in [1.54, 1.807) is 42.5 Å². The minimum Gasteiger partial charge on any atom is -0.460 e. The lowest BCUT2D eigenvalue weighted by Crippen LogP contribution is -2.61. The Bertz CT molecular complexity index is 1900. The number of aliphatic hydroxyl groups is 3. The van der Waals surface area contributed by atoms with Crippen LogP contribution in [0.2, 0.25) is 0 Å². The first-order chi connectivity index (χ1) is 26.7. The first kappa shape index (κ1) is 39.3. The van der Waals surface area contributed by atoms with E-state index in [0.717, 1.165) is 16.7 Å². The molecule has 0 bridgehead atoms. The Morgan fingerprint density at radius 3 is 1.98 bits per heavy atom. The molecule has 13 nitrogen and oxygen atoms in total. The van der Waals surface area contributed by atoms with Crippen LogP contribution in [0.15, 0.2) is 115 Å². The summed E-state index contributed by atoms with van der Waals surface area (Å²) in [6.07, 6.45) is -7.80. The molecule has 55 heavy (non-hydrogen) atoms. The molecule has 7 atom stereocenters. The zero-order chi connectivity index (χ0) is 38.7. The maximum Gasteiger partial charge on any atom is 0.338 e. The van der Waals surface area contributed by atoms with Crippen LogP contribution >= 0.6 is 0 Å². The van der Waals surface area contributed by atoms with Crippen molar-refractivity contribution in [1.82, 2.24) is 5.32 Å². The number of hydrogen-bond acceptors (Lipinski definition) is 12. The van der Waals surface area contributed by atoms with Gasteiger partial charge in [-0.15, -0.1) is 0 Å². The van der Waals surface area contributed by atoms with Crippen LogP contribution in [0.4, 0.5) is 5.69 Å². The van der Waals surface area contributed by atoms with Crippen LogP contribution in [0, 0.1) is 0 Å². The van der Waals surface area contributed by atoms with Gasteiger partial charge in [-0.3, -0.25) is 24.6 Å². The second-order valence-corrected chi connectivity index (χ2v) is 13.5. The van der Waals surface area contributed by atoms with Crippen LogP contribution in [0.1, 0.15) is 35.1 Å². The molecule has 0 saturated carbocycles. The lowest BCUT2D eigenvalue weighted by Gasteiger charge is -2.38. The van der Waals surface area contributed by atoms with Gasteiger partial charge in [-0.25, -0.2) is 4.79 Å². The summed E-state index contributed by atoms with van der Waals surface area (Å²) in [6.45, 7) is -0.744. The zero-order valence-corrected chi connectivity index (χ0v) is 30.0. The molecular formula is C42H44N2O11. The number of carbonyl (C=O) groups is 4. The normalized spacial score (nSPS) is 22.8. The van der Waals surface area contributed by atoms with Crippen LogP contribution in [0.25, 0.3) is 0 Å². The molecule has 0 unspecified atom stereocenters. The van der Waals surface area contributed by atoms with Crippen LogP contribution in [0.5, 0.6) is 0 Å². The van der Waals surface area contributed by atoms with Crippen LogP contribution in [-0.2, 0) is 64.2 Å². The second kappa shape index (κ2) is 18.7. The fourth-order valence-corrected chi connectivity index (χ4v) is 6.58. The third kappa shape index (κ3) is 10.2. The van der Waals surface area contributed by atoms with Crippen LogP contribution in [0.3, 0.4) is 0 Å². The summed E-state index contributed by atoms with van der Waals surface area (Å²) in [5.41, 5.74) is 3.70. The average molecular weight is 753 g/mol. The summed E-state index contributed by atoms with van der Waals surface area (Å²) in [4.78, 5) is 55.5. The van der Waals surface area contributed by atoms with Crippen molar-refractivity contribution in [3.8, 4) is 0 Å². The number of fused-ring (bicyclic) bond motifs is 1. The van der Waals surface area contributed by atoms with E-state index >= 15 is 0 Å². The van der Waals surface area contributed by atoms with E-state index in [-0.39, 0.29) is 13.2 Å². The number of benzene rings is 4. The lowest BCUT2D eigenvalue weighted by atomic mass is 9.99. The van der Waals surface area contributed by atoms with Gasteiger partial charge in [-0.2, -0.15) is 0 Å². The fraction of sp³-hybridized carbons (Fsp3) is 0.333. The van der Waals surface area contributed by atoms with Crippen molar-refractivity contribution < 1.29 is 53.4 Å². The van der Waals surface area contributed by atoms with E-state index in [1.165, 1.54) is 4.90 Å². The van der Waals surface area contributed by atoms with Gasteiger partial charge in [0.1, 0.15) is 44.1 Å². The van der Waals surface area contributed by atoms with Gasteiger partial charge >= 0.3 is 17.9 Å². The summed E-state index contributed by atoms with van der Waals surface area (Å²) in [7, 11) is 0. The number of anilines is 1. The Morgan fingerprint density at radius 1 is 0.745 bits per heavy atom. The summed E-state index contributed by atoms with van der Waals surface area (Å²) in [5.74, 6) is -3.11. The number of aliphatic hydroxyl groups excluding tert-OH is 3. The Labute approximate surface area is 318 Å². The number of rotatable bonds is 14. The molecule has 4 aromatic rings. The average Bonchev–Trinajstić information content (AvgIpc) is 3.34. The lowest BCUT2D eigenvalue weighted by molar-refractivity contribution is -0.287. The third-order valence-electron chi connectivity index (χ3n) is 9.58. The number of ether oxygens (including phenoxy) is 4. The van der Waals surface area contributed by atoms with E-state index in [9.17, 15) is 34.5 Å². The number of nitrogens with one attached hydrogen (secondary N) is 1. The van der Waals surface area contributed by atoms with E-state index < -0.39 is 73.1 Å². The Kier molecular flexibility index (Phi) is 13.4. The highest BCUT2D eigenvalue weighted by molar-refractivity contribution is 6.02. The molecule has 1 saturated heterocycles. The predicted octanol–water partition coefficient (Wildman–Crippen LogP) is 2.76. The van der Waals surface area contributed by atoms with Crippen molar-refractivity contribution in [3.63, 3.8) is 0 Å². The number of para-hydroxylation sites is 1. The number of carbonyl (C=O) groups excluding carboxylic acids is 4. The Morgan fingerprint density at radius 2 is 1.33 bits per heavy atom. The van der Waals surface area contributed by atoms with Gasteiger partial charge in [-0.1, -0.05) is 109 Å². The molecule has 6 rings (SSSR count). The third-order valence-corrected chi connectivity index (χ3v) is 9.58. The first-order valence-corrected chi connectivity index (χ1v) is 18.2. The van der Waals surface area contributed by atoms with Crippen LogP contribution in [-0.4, -0.2) is 88.5 Å². The molecule has 0 aliphatic carbocycles. The Hall–Kier alpha value is -5.44. The number of aryl methyl sites for hydroxylation is 2. The fourth-order valence-electron chi connectivity index (χ4n) is 6.58. The summed E-state index contributed by atoms with van der Waals surface area (Å²) >= 11 is 0. The molecule has 1 amide bonds. The SMILES string of the molecule is O=C(CN1C(=O)[C@@H](N[C@H](CCc2ccccc2)C(=O)OCc2ccccc2)CCc2ccccc21)O[C@@H]1O[C@H](C(=O)OCc2ccccc2)[C@@H](O)[C@H](O)[C@H]1O. The second-order valence-electron chi connectivity index (χ2n) is 13.5. The topological polar surface area (TPSA) is 181 Å². The number of nitrogens with zero attached hydrogens (tertiary/aromatic N) is 1. The van der Waals surface area contributed by atoms with Gasteiger partial charge in [0.2, 0.25) is 12.2 Å². The van der Waals surface area contributed by atoms with E-state index in [4.69, 9.17) is 18.9 Å². The van der Waals surface area contributed by atoms with Crippen LogP contribution < -0.4 is 10.2 Å².